The Kier molecular flexibility index (Phi) is 5.85. The SMILES string of the molecule is O=C(Cc1ccsc1)N[C@@H]1CCOC[C@H]1Oc1ccc(CO)cc1. The summed E-state index contributed by atoms with van der Waals surface area (Å²) in [6.07, 6.45) is 0.901. The van der Waals surface area contributed by atoms with E-state index in [1.165, 1.54) is 0 Å². The number of amides is 1. The number of benzene rings is 1. The van der Waals surface area contributed by atoms with Crippen molar-refractivity contribution < 1.29 is 19.4 Å². The van der Waals surface area contributed by atoms with E-state index in [0.717, 1.165) is 17.5 Å². The van der Waals surface area contributed by atoms with Crippen LogP contribution in [0.25, 0.3) is 0 Å². The highest BCUT2D eigenvalue weighted by Crippen LogP contribution is 2.19. The maximum atomic E-state index is 12.2. The average Bonchev–Trinajstić information content (AvgIpc) is 3.10. The molecular weight excluding hydrogens is 326 g/mol. The number of carbonyl (C=O) groups excluding carboxylic acids is 1. The van der Waals surface area contributed by atoms with E-state index in [-0.39, 0.29) is 24.7 Å². The van der Waals surface area contributed by atoms with E-state index in [1.54, 1.807) is 11.3 Å². The predicted octanol–water partition coefficient (Wildman–Crippen LogP) is 2.14. The van der Waals surface area contributed by atoms with E-state index in [2.05, 4.69) is 5.32 Å². The third kappa shape index (κ3) is 4.56. The molecule has 5 nitrogen and oxygen atoms in total. The van der Waals surface area contributed by atoms with Crippen LogP contribution in [-0.2, 0) is 22.6 Å². The molecule has 24 heavy (non-hydrogen) atoms. The van der Waals surface area contributed by atoms with Gasteiger partial charge in [-0.05, 0) is 46.5 Å². The van der Waals surface area contributed by atoms with Crippen molar-refractivity contribution >= 4 is 17.2 Å². The lowest BCUT2D eigenvalue weighted by Gasteiger charge is -2.32. The molecule has 1 aliphatic rings. The molecule has 2 N–H and O–H groups in total. The minimum Gasteiger partial charge on any atom is -0.486 e. The number of hydrogen-bond donors (Lipinski definition) is 2. The van der Waals surface area contributed by atoms with Crippen LogP contribution in [0.1, 0.15) is 17.5 Å². The number of aliphatic hydroxyl groups excluding tert-OH is 1. The molecular formula is C18H21NO4S. The Balaban J connectivity index is 1.58. The van der Waals surface area contributed by atoms with Crippen LogP contribution >= 0.6 is 11.3 Å². The molecule has 0 aliphatic carbocycles. The fraction of sp³-hybridized carbons (Fsp3) is 0.389. The first-order valence-electron chi connectivity index (χ1n) is 7.99. The van der Waals surface area contributed by atoms with Gasteiger partial charge in [-0.1, -0.05) is 12.1 Å². The Morgan fingerprint density at radius 2 is 2.12 bits per heavy atom. The quantitative estimate of drug-likeness (QED) is 0.840. The van der Waals surface area contributed by atoms with Crippen LogP contribution in [-0.4, -0.2) is 36.4 Å². The zero-order chi connectivity index (χ0) is 16.8. The van der Waals surface area contributed by atoms with Gasteiger partial charge in [0.2, 0.25) is 5.91 Å². The molecule has 1 saturated heterocycles. The zero-order valence-corrected chi connectivity index (χ0v) is 14.1. The summed E-state index contributed by atoms with van der Waals surface area (Å²) in [5.41, 5.74) is 1.87. The molecule has 1 aromatic carbocycles. The topological polar surface area (TPSA) is 67.8 Å². The fourth-order valence-corrected chi connectivity index (χ4v) is 3.35. The van der Waals surface area contributed by atoms with Crippen molar-refractivity contribution in [3.8, 4) is 5.75 Å². The van der Waals surface area contributed by atoms with Crippen molar-refractivity contribution in [1.82, 2.24) is 5.32 Å². The standard InChI is InChI=1S/C18H21NO4S/c20-10-13-1-3-15(4-2-13)23-17-11-22-7-5-16(17)19-18(21)9-14-6-8-24-12-14/h1-4,6,8,12,16-17,20H,5,7,9-11H2,(H,19,21)/t16-,17-/m1/s1. The number of nitrogens with one attached hydrogen (secondary N) is 1. The maximum Gasteiger partial charge on any atom is 0.224 e. The number of aliphatic hydroxyl groups is 1. The third-order valence-electron chi connectivity index (χ3n) is 3.99. The van der Waals surface area contributed by atoms with Gasteiger partial charge in [0.15, 0.2) is 0 Å². The van der Waals surface area contributed by atoms with E-state index >= 15 is 0 Å². The van der Waals surface area contributed by atoms with Crippen molar-refractivity contribution in [3.05, 3.63) is 52.2 Å². The van der Waals surface area contributed by atoms with Gasteiger partial charge >= 0.3 is 0 Å². The van der Waals surface area contributed by atoms with Gasteiger partial charge in [-0.25, -0.2) is 0 Å². The molecule has 1 fully saturated rings. The molecule has 0 saturated carbocycles. The summed E-state index contributed by atoms with van der Waals surface area (Å²) < 4.78 is 11.5. The van der Waals surface area contributed by atoms with E-state index in [4.69, 9.17) is 14.6 Å². The summed E-state index contributed by atoms with van der Waals surface area (Å²) in [6.45, 7) is 1.08. The summed E-state index contributed by atoms with van der Waals surface area (Å²) in [5.74, 6) is 0.712. The second-order valence-corrected chi connectivity index (χ2v) is 6.58. The van der Waals surface area contributed by atoms with Crippen LogP contribution in [0.3, 0.4) is 0 Å². The number of carbonyl (C=O) groups is 1. The van der Waals surface area contributed by atoms with Crippen LogP contribution in [0.15, 0.2) is 41.1 Å². The maximum absolute atomic E-state index is 12.2. The predicted molar refractivity (Wildman–Crippen MR) is 92.2 cm³/mol. The van der Waals surface area contributed by atoms with E-state index in [9.17, 15) is 4.79 Å². The largest absolute Gasteiger partial charge is 0.486 e. The van der Waals surface area contributed by atoms with Gasteiger partial charge in [0.25, 0.3) is 0 Å². The second kappa shape index (κ2) is 8.28. The Bertz CT molecular complexity index is 642. The van der Waals surface area contributed by atoms with Crippen LogP contribution < -0.4 is 10.1 Å². The van der Waals surface area contributed by atoms with Crippen LogP contribution in [0, 0.1) is 0 Å². The van der Waals surface area contributed by atoms with Crippen molar-refractivity contribution in [2.24, 2.45) is 0 Å². The molecule has 128 valence electrons. The van der Waals surface area contributed by atoms with Gasteiger partial charge in [0.05, 0.1) is 25.7 Å². The summed E-state index contributed by atoms with van der Waals surface area (Å²) >= 11 is 1.59. The first-order chi connectivity index (χ1) is 11.7. The molecule has 1 aromatic heterocycles. The zero-order valence-electron chi connectivity index (χ0n) is 13.3. The Labute approximate surface area is 145 Å². The highest BCUT2D eigenvalue weighted by Gasteiger charge is 2.29. The molecule has 1 amide bonds. The highest BCUT2D eigenvalue weighted by atomic mass is 32.1. The minimum atomic E-state index is -0.217. The molecule has 0 unspecified atom stereocenters. The van der Waals surface area contributed by atoms with Crippen LogP contribution in [0.5, 0.6) is 5.75 Å². The smallest absolute Gasteiger partial charge is 0.224 e. The Morgan fingerprint density at radius 3 is 2.83 bits per heavy atom. The van der Waals surface area contributed by atoms with Gasteiger partial charge in [0.1, 0.15) is 11.9 Å². The lowest BCUT2D eigenvalue weighted by Crippen LogP contribution is -2.51. The molecule has 6 heteroatoms. The second-order valence-electron chi connectivity index (χ2n) is 5.80. The Morgan fingerprint density at radius 1 is 1.29 bits per heavy atom. The van der Waals surface area contributed by atoms with Gasteiger partial charge in [-0.15, -0.1) is 0 Å². The summed E-state index contributed by atoms with van der Waals surface area (Å²) in [4.78, 5) is 12.2. The third-order valence-corrected chi connectivity index (χ3v) is 4.72. The van der Waals surface area contributed by atoms with Crippen LogP contribution in [0.2, 0.25) is 0 Å². The van der Waals surface area contributed by atoms with Gasteiger partial charge in [0, 0.05) is 6.61 Å². The Hall–Kier alpha value is -1.89. The van der Waals surface area contributed by atoms with Crippen molar-refractivity contribution in [3.63, 3.8) is 0 Å². The lowest BCUT2D eigenvalue weighted by molar-refractivity contribution is -0.123. The fourth-order valence-electron chi connectivity index (χ4n) is 2.68. The first-order valence-corrected chi connectivity index (χ1v) is 8.93. The molecule has 0 radical (unpaired) electrons. The normalized spacial score (nSPS) is 20.5. The van der Waals surface area contributed by atoms with Gasteiger partial charge in [-0.2, -0.15) is 11.3 Å². The summed E-state index contributed by atoms with van der Waals surface area (Å²) in [6, 6.07) is 9.19. The summed E-state index contributed by atoms with van der Waals surface area (Å²) in [7, 11) is 0. The molecule has 0 bridgehead atoms. The monoisotopic (exact) mass is 347 g/mol. The van der Waals surface area contributed by atoms with Crippen LogP contribution in [0.4, 0.5) is 0 Å². The van der Waals surface area contributed by atoms with Crippen molar-refractivity contribution in [2.45, 2.75) is 31.6 Å². The molecule has 2 heterocycles. The number of ether oxygens (including phenoxy) is 2. The number of rotatable bonds is 6. The average molecular weight is 347 g/mol. The van der Waals surface area contributed by atoms with Gasteiger partial charge < -0.3 is 19.9 Å². The first kappa shape index (κ1) is 17.0. The molecule has 3 rings (SSSR count). The molecule has 1 aliphatic heterocycles. The lowest BCUT2D eigenvalue weighted by atomic mass is 10.1. The van der Waals surface area contributed by atoms with E-state index in [0.29, 0.717) is 25.4 Å². The summed E-state index contributed by atoms with van der Waals surface area (Å²) in [5, 5.41) is 16.1. The minimum absolute atomic E-state index is 0.00419. The molecule has 2 atom stereocenters. The molecule has 2 aromatic rings. The number of thiophene rings is 1. The van der Waals surface area contributed by atoms with Crippen molar-refractivity contribution in [2.75, 3.05) is 13.2 Å². The van der Waals surface area contributed by atoms with Gasteiger partial charge in [-0.3, -0.25) is 4.79 Å². The van der Waals surface area contributed by atoms with Crippen molar-refractivity contribution in [1.29, 1.82) is 0 Å². The number of hydrogen-bond acceptors (Lipinski definition) is 5. The molecule has 0 spiro atoms. The van der Waals surface area contributed by atoms with E-state index < -0.39 is 0 Å². The van der Waals surface area contributed by atoms with E-state index in [1.807, 2.05) is 41.1 Å². The highest BCUT2D eigenvalue weighted by molar-refractivity contribution is 7.07.